The summed E-state index contributed by atoms with van der Waals surface area (Å²) in [6.07, 6.45) is 0. The van der Waals surface area contributed by atoms with Gasteiger partial charge in [0.1, 0.15) is 5.75 Å². The van der Waals surface area contributed by atoms with E-state index in [-0.39, 0.29) is 0 Å². The summed E-state index contributed by atoms with van der Waals surface area (Å²) in [5, 5.41) is 3.09. The van der Waals surface area contributed by atoms with Crippen molar-refractivity contribution in [2.24, 2.45) is 0 Å². The van der Waals surface area contributed by atoms with Gasteiger partial charge >= 0.3 is 0 Å². The molecule has 0 aliphatic carbocycles. The van der Waals surface area contributed by atoms with Crippen LogP contribution in [0.4, 0.5) is 5.69 Å². The van der Waals surface area contributed by atoms with Gasteiger partial charge in [-0.15, -0.1) is 0 Å². The molecule has 0 spiro atoms. The Morgan fingerprint density at radius 2 is 1.75 bits per heavy atom. The fraction of sp³-hybridized carbons (Fsp3) is 0.400. The molecule has 66 valence electrons. The second kappa shape index (κ2) is 3.48. The van der Waals surface area contributed by atoms with Crippen molar-refractivity contribution in [2.75, 3.05) is 19.5 Å². The molecule has 2 nitrogen and oxygen atoms in total. The number of ether oxygens (including phenoxy) is 1. The molecule has 0 saturated carbocycles. The minimum atomic E-state index is 0.903. The van der Waals surface area contributed by atoms with E-state index in [0.717, 1.165) is 11.4 Å². The number of benzene rings is 1. The summed E-state index contributed by atoms with van der Waals surface area (Å²) < 4.78 is 5.21. The second-order valence-corrected chi connectivity index (χ2v) is 2.89. The lowest BCUT2D eigenvalue weighted by Gasteiger charge is -2.10. The normalized spacial score (nSPS) is 9.67. The van der Waals surface area contributed by atoms with E-state index in [1.807, 2.05) is 13.1 Å². The lowest BCUT2D eigenvalue weighted by molar-refractivity contribution is 0.416. The highest BCUT2D eigenvalue weighted by Crippen LogP contribution is 2.27. The summed E-state index contributed by atoms with van der Waals surface area (Å²) >= 11 is 0. The molecule has 12 heavy (non-hydrogen) atoms. The first kappa shape index (κ1) is 8.91. The fourth-order valence-electron chi connectivity index (χ4n) is 1.15. The number of hydrogen-bond donors (Lipinski definition) is 1. The zero-order valence-corrected chi connectivity index (χ0v) is 8.06. The van der Waals surface area contributed by atoms with Gasteiger partial charge in [-0.05, 0) is 37.1 Å². The summed E-state index contributed by atoms with van der Waals surface area (Å²) in [6.45, 7) is 4.17. The first-order valence-corrected chi connectivity index (χ1v) is 4.02. The second-order valence-electron chi connectivity index (χ2n) is 2.89. The van der Waals surface area contributed by atoms with Gasteiger partial charge in [-0.2, -0.15) is 0 Å². The van der Waals surface area contributed by atoms with Gasteiger partial charge in [-0.1, -0.05) is 0 Å². The maximum atomic E-state index is 5.21. The zero-order chi connectivity index (χ0) is 9.14. The van der Waals surface area contributed by atoms with E-state index in [9.17, 15) is 0 Å². The molecular weight excluding hydrogens is 150 g/mol. The monoisotopic (exact) mass is 165 g/mol. The van der Waals surface area contributed by atoms with Crippen LogP contribution in [0.25, 0.3) is 0 Å². The van der Waals surface area contributed by atoms with E-state index in [1.165, 1.54) is 11.1 Å². The molecule has 1 N–H and O–H groups in total. The van der Waals surface area contributed by atoms with Gasteiger partial charge in [-0.3, -0.25) is 0 Å². The Bertz CT molecular complexity index is 252. The van der Waals surface area contributed by atoms with Crippen LogP contribution in [0.2, 0.25) is 0 Å². The molecule has 0 unspecified atom stereocenters. The number of rotatable bonds is 2. The van der Waals surface area contributed by atoms with Crippen LogP contribution in [-0.2, 0) is 0 Å². The van der Waals surface area contributed by atoms with Gasteiger partial charge in [0.15, 0.2) is 0 Å². The molecule has 2 heteroatoms. The molecule has 0 bridgehead atoms. The SMILES string of the molecule is CNc1cc(C)c(C)cc1OC. The minimum Gasteiger partial charge on any atom is -0.495 e. The first-order chi connectivity index (χ1) is 5.69. The highest BCUT2D eigenvalue weighted by atomic mass is 16.5. The third-order valence-electron chi connectivity index (χ3n) is 2.09. The van der Waals surface area contributed by atoms with Gasteiger partial charge in [0.05, 0.1) is 12.8 Å². The van der Waals surface area contributed by atoms with Crippen molar-refractivity contribution in [1.82, 2.24) is 0 Å². The molecule has 0 saturated heterocycles. The van der Waals surface area contributed by atoms with Crippen molar-refractivity contribution < 1.29 is 4.74 Å². The predicted octanol–water partition coefficient (Wildman–Crippen LogP) is 2.35. The molecule has 0 fully saturated rings. The highest BCUT2D eigenvalue weighted by Gasteiger charge is 2.02. The van der Waals surface area contributed by atoms with Crippen molar-refractivity contribution in [1.29, 1.82) is 0 Å². The van der Waals surface area contributed by atoms with E-state index < -0.39 is 0 Å². The van der Waals surface area contributed by atoms with E-state index in [1.54, 1.807) is 7.11 Å². The zero-order valence-electron chi connectivity index (χ0n) is 8.06. The topological polar surface area (TPSA) is 21.3 Å². The summed E-state index contributed by atoms with van der Waals surface area (Å²) in [4.78, 5) is 0. The standard InChI is InChI=1S/C10H15NO/c1-7-5-9(11-3)10(12-4)6-8(7)2/h5-6,11H,1-4H3. The van der Waals surface area contributed by atoms with Gasteiger partial charge in [0.25, 0.3) is 0 Å². The summed E-state index contributed by atoms with van der Waals surface area (Å²) in [6, 6.07) is 4.13. The Hall–Kier alpha value is -1.18. The van der Waals surface area contributed by atoms with E-state index in [4.69, 9.17) is 4.74 Å². The van der Waals surface area contributed by atoms with Crippen LogP contribution in [0.15, 0.2) is 12.1 Å². The van der Waals surface area contributed by atoms with Crippen molar-refractivity contribution in [3.8, 4) is 5.75 Å². The third kappa shape index (κ3) is 1.52. The van der Waals surface area contributed by atoms with Gasteiger partial charge < -0.3 is 10.1 Å². The lowest BCUT2D eigenvalue weighted by atomic mass is 10.1. The molecule has 0 amide bonds. The van der Waals surface area contributed by atoms with Crippen LogP contribution in [0, 0.1) is 13.8 Å². The van der Waals surface area contributed by atoms with E-state index in [0.29, 0.717) is 0 Å². The molecule has 0 aliphatic heterocycles. The summed E-state index contributed by atoms with van der Waals surface area (Å²) in [7, 11) is 3.58. The minimum absolute atomic E-state index is 0.903. The van der Waals surface area contributed by atoms with Crippen LogP contribution in [0.1, 0.15) is 11.1 Å². The maximum absolute atomic E-state index is 5.21. The van der Waals surface area contributed by atoms with Crippen LogP contribution in [0.5, 0.6) is 5.75 Å². The molecule has 1 aromatic rings. The van der Waals surface area contributed by atoms with Crippen LogP contribution >= 0.6 is 0 Å². The Labute approximate surface area is 73.6 Å². The Morgan fingerprint density at radius 3 is 2.25 bits per heavy atom. The van der Waals surface area contributed by atoms with Crippen LogP contribution in [-0.4, -0.2) is 14.2 Å². The highest BCUT2D eigenvalue weighted by molar-refractivity contribution is 5.59. The number of anilines is 1. The molecule has 1 aromatic carbocycles. The quantitative estimate of drug-likeness (QED) is 0.726. The van der Waals surface area contributed by atoms with Crippen molar-refractivity contribution >= 4 is 5.69 Å². The molecular formula is C10H15NO. The Morgan fingerprint density at radius 1 is 1.17 bits per heavy atom. The van der Waals surface area contributed by atoms with Crippen LogP contribution < -0.4 is 10.1 Å². The van der Waals surface area contributed by atoms with Gasteiger partial charge in [-0.25, -0.2) is 0 Å². The van der Waals surface area contributed by atoms with Crippen molar-refractivity contribution in [2.45, 2.75) is 13.8 Å². The molecule has 1 rings (SSSR count). The van der Waals surface area contributed by atoms with E-state index >= 15 is 0 Å². The Balaban J connectivity index is 3.19. The summed E-state index contributed by atoms with van der Waals surface area (Å²) in [5.41, 5.74) is 3.58. The molecule has 0 radical (unpaired) electrons. The van der Waals surface area contributed by atoms with Crippen molar-refractivity contribution in [3.63, 3.8) is 0 Å². The average molecular weight is 165 g/mol. The largest absolute Gasteiger partial charge is 0.495 e. The molecule has 0 aromatic heterocycles. The van der Waals surface area contributed by atoms with Crippen molar-refractivity contribution in [3.05, 3.63) is 23.3 Å². The number of aryl methyl sites for hydroxylation is 2. The number of hydrogen-bond acceptors (Lipinski definition) is 2. The van der Waals surface area contributed by atoms with Crippen LogP contribution in [0.3, 0.4) is 0 Å². The number of nitrogens with one attached hydrogen (secondary N) is 1. The Kier molecular flexibility index (Phi) is 2.58. The molecule has 0 aliphatic rings. The fourth-order valence-corrected chi connectivity index (χ4v) is 1.15. The third-order valence-corrected chi connectivity index (χ3v) is 2.09. The first-order valence-electron chi connectivity index (χ1n) is 4.02. The maximum Gasteiger partial charge on any atom is 0.142 e. The number of methoxy groups -OCH3 is 1. The molecule has 0 atom stereocenters. The predicted molar refractivity (Wildman–Crippen MR) is 52.0 cm³/mol. The lowest BCUT2D eigenvalue weighted by Crippen LogP contribution is -1.95. The smallest absolute Gasteiger partial charge is 0.142 e. The van der Waals surface area contributed by atoms with E-state index in [2.05, 4.69) is 25.2 Å². The molecule has 0 heterocycles. The summed E-state index contributed by atoms with van der Waals surface area (Å²) in [5.74, 6) is 0.903. The van der Waals surface area contributed by atoms with Gasteiger partial charge in [0, 0.05) is 7.05 Å². The van der Waals surface area contributed by atoms with Gasteiger partial charge in [0.2, 0.25) is 0 Å². The average Bonchev–Trinajstić information content (AvgIpc) is 2.09.